The molecule has 0 aliphatic heterocycles. The molecule has 26 heavy (non-hydrogen) atoms. The molecule has 132 valence electrons. The van der Waals surface area contributed by atoms with E-state index in [1.165, 1.54) is 4.68 Å². The van der Waals surface area contributed by atoms with Crippen LogP contribution in [0, 0.1) is 0 Å². The van der Waals surface area contributed by atoms with Gasteiger partial charge in [0.15, 0.2) is 5.58 Å². The van der Waals surface area contributed by atoms with Gasteiger partial charge in [-0.2, -0.15) is 5.10 Å². The van der Waals surface area contributed by atoms with Crippen LogP contribution in [0.5, 0.6) is 0 Å². The second-order valence-electron chi connectivity index (χ2n) is 6.09. The molecule has 4 rings (SSSR count). The van der Waals surface area contributed by atoms with Crippen LogP contribution in [0.25, 0.3) is 16.6 Å². The number of carbonyl (C=O) groups excluding carboxylic acids is 1. The molecule has 3 aromatic heterocycles. The highest BCUT2D eigenvalue weighted by Crippen LogP contribution is 2.18. The number of nitrogens with zero attached hydrogens (tertiary/aromatic N) is 3. The molecule has 1 N–H and O–H groups in total. The number of aryl methyl sites for hydroxylation is 1. The zero-order chi connectivity index (χ0) is 17.9. The van der Waals surface area contributed by atoms with Gasteiger partial charge < -0.3 is 9.73 Å². The van der Waals surface area contributed by atoms with Crippen molar-refractivity contribution in [1.29, 1.82) is 0 Å². The first-order valence-electron chi connectivity index (χ1n) is 8.47. The van der Waals surface area contributed by atoms with Crippen molar-refractivity contribution in [1.82, 2.24) is 19.5 Å². The van der Waals surface area contributed by atoms with E-state index in [4.69, 9.17) is 4.42 Å². The van der Waals surface area contributed by atoms with Gasteiger partial charge in [0.25, 0.3) is 5.56 Å². The third-order valence-corrected chi connectivity index (χ3v) is 4.33. The van der Waals surface area contributed by atoms with E-state index < -0.39 is 0 Å². The summed E-state index contributed by atoms with van der Waals surface area (Å²) in [5, 5.41) is 7.07. The Morgan fingerprint density at radius 3 is 2.85 bits per heavy atom. The lowest BCUT2D eigenvalue weighted by atomic mass is 10.2. The number of carbonyl (C=O) groups is 1. The number of fused-ring (bicyclic) bond motifs is 3. The third kappa shape index (κ3) is 3.11. The van der Waals surface area contributed by atoms with Crippen molar-refractivity contribution in [3.05, 3.63) is 71.0 Å². The molecule has 1 amide bonds. The summed E-state index contributed by atoms with van der Waals surface area (Å²) in [5.41, 5.74) is 2.85. The van der Waals surface area contributed by atoms with Crippen molar-refractivity contribution < 1.29 is 9.21 Å². The van der Waals surface area contributed by atoms with Crippen molar-refractivity contribution in [2.75, 3.05) is 0 Å². The highest BCUT2D eigenvalue weighted by atomic mass is 16.3. The van der Waals surface area contributed by atoms with Gasteiger partial charge in [0, 0.05) is 31.6 Å². The predicted octanol–water partition coefficient (Wildman–Crippen LogP) is 2.34. The van der Waals surface area contributed by atoms with Crippen LogP contribution in [0.15, 0.2) is 64.3 Å². The van der Waals surface area contributed by atoms with E-state index in [9.17, 15) is 9.59 Å². The Balaban J connectivity index is 1.36. The molecule has 1 aromatic carbocycles. The number of aromatic nitrogens is 3. The Kier molecular flexibility index (Phi) is 4.27. The summed E-state index contributed by atoms with van der Waals surface area (Å²) < 4.78 is 8.42. The Labute approximate surface area is 148 Å². The second-order valence-corrected chi connectivity index (χ2v) is 6.09. The average molecular weight is 350 g/mol. The molecule has 0 atom stereocenters. The molecule has 0 saturated heterocycles. The average Bonchev–Trinajstić information content (AvgIpc) is 3.25. The van der Waals surface area contributed by atoms with Crippen LogP contribution < -0.4 is 10.9 Å². The number of hydrogen-bond donors (Lipinski definition) is 1. The van der Waals surface area contributed by atoms with Gasteiger partial charge in [-0.05, 0) is 12.0 Å². The molecular weight excluding hydrogens is 332 g/mol. The highest BCUT2D eigenvalue weighted by molar-refractivity contribution is 5.81. The monoisotopic (exact) mass is 350 g/mol. The largest absolute Gasteiger partial charge is 0.463 e. The van der Waals surface area contributed by atoms with Crippen molar-refractivity contribution in [2.24, 2.45) is 0 Å². The van der Waals surface area contributed by atoms with E-state index in [0.717, 1.165) is 11.1 Å². The first kappa shape index (κ1) is 16.1. The molecule has 0 saturated carbocycles. The van der Waals surface area contributed by atoms with Crippen molar-refractivity contribution in [3.63, 3.8) is 0 Å². The van der Waals surface area contributed by atoms with E-state index in [1.807, 2.05) is 30.3 Å². The van der Waals surface area contributed by atoms with E-state index >= 15 is 0 Å². The first-order valence-corrected chi connectivity index (χ1v) is 8.47. The first-order chi connectivity index (χ1) is 12.7. The molecule has 0 bridgehead atoms. The fraction of sp³-hybridized carbons (Fsp3) is 0.211. The summed E-state index contributed by atoms with van der Waals surface area (Å²) in [4.78, 5) is 24.5. The van der Waals surface area contributed by atoms with Crippen molar-refractivity contribution in [2.45, 2.75) is 25.9 Å². The van der Waals surface area contributed by atoms with E-state index in [-0.39, 0.29) is 11.5 Å². The number of benzene rings is 1. The van der Waals surface area contributed by atoms with Gasteiger partial charge in [0.2, 0.25) is 5.91 Å². The zero-order valence-corrected chi connectivity index (χ0v) is 14.1. The Bertz CT molecular complexity index is 1110. The standard InChI is InChI=1S/C19H18N4O3/c24-18(20-12-14-5-2-1-3-6-14)7-4-9-23-19(25)16-11-17-15(8-10-26-17)22(16)13-21-23/h1-3,5-6,8,10-11,13H,4,7,9,12H2,(H,20,24). The molecule has 7 nitrogen and oxygen atoms in total. The van der Waals surface area contributed by atoms with Gasteiger partial charge >= 0.3 is 0 Å². The van der Waals surface area contributed by atoms with E-state index in [1.54, 1.807) is 29.1 Å². The molecule has 4 aromatic rings. The van der Waals surface area contributed by atoms with Gasteiger partial charge in [-0.1, -0.05) is 30.3 Å². The summed E-state index contributed by atoms with van der Waals surface area (Å²) in [5.74, 6) is -0.0387. The quantitative estimate of drug-likeness (QED) is 0.579. The lowest BCUT2D eigenvalue weighted by molar-refractivity contribution is -0.121. The molecule has 0 spiro atoms. The van der Waals surface area contributed by atoms with Crippen molar-refractivity contribution >= 4 is 22.5 Å². The van der Waals surface area contributed by atoms with Crippen LogP contribution in [0.1, 0.15) is 18.4 Å². The van der Waals surface area contributed by atoms with Crippen LogP contribution >= 0.6 is 0 Å². The highest BCUT2D eigenvalue weighted by Gasteiger charge is 2.11. The summed E-state index contributed by atoms with van der Waals surface area (Å²) >= 11 is 0. The maximum Gasteiger partial charge on any atom is 0.291 e. The van der Waals surface area contributed by atoms with E-state index in [0.29, 0.717) is 37.0 Å². The molecule has 0 aliphatic carbocycles. The maximum atomic E-state index is 12.5. The maximum absolute atomic E-state index is 12.5. The Hall–Kier alpha value is -3.35. The van der Waals surface area contributed by atoms with Crippen molar-refractivity contribution in [3.8, 4) is 0 Å². The smallest absolute Gasteiger partial charge is 0.291 e. The topological polar surface area (TPSA) is 81.5 Å². The van der Waals surface area contributed by atoms with Gasteiger partial charge in [0.1, 0.15) is 11.8 Å². The SMILES string of the molecule is O=C(CCCn1ncn2c(cc3occc32)c1=O)NCc1ccccc1. The Morgan fingerprint density at radius 1 is 1.15 bits per heavy atom. The summed E-state index contributed by atoms with van der Waals surface area (Å²) in [6, 6.07) is 13.3. The normalized spacial score (nSPS) is 11.2. The number of nitrogens with one attached hydrogen (secondary N) is 1. The molecular formula is C19H18N4O3. The van der Waals surface area contributed by atoms with Gasteiger partial charge in [-0.25, -0.2) is 4.68 Å². The van der Waals surface area contributed by atoms with Crippen LogP contribution in [-0.2, 0) is 17.9 Å². The molecule has 0 aliphatic rings. The summed E-state index contributed by atoms with van der Waals surface area (Å²) in [7, 11) is 0. The van der Waals surface area contributed by atoms with Crippen LogP contribution in [0.4, 0.5) is 0 Å². The van der Waals surface area contributed by atoms with Crippen LogP contribution in [0.3, 0.4) is 0 Å². The predicted molar refractivity (Wildman–Crippen MR) is 96.7 cm³/mol. The number of amides is 1. The molecule has 7 heteroatoms. The molecule has 0 unspecified atom stereocenters. The third-order valence-electron chi connectivity index (χ3n) is 4.33. The van der Waals surface area contributed by atoms with Gasteiger partial charge in [-0.15, -0.1) is 0 Å². The number of furan rings is 1. The van der Waals surface area contributed by atoms with Crippen LogP contribution in [-0.4, -0.2) is 20.1 Å². The van der Waals surface area contributed by atoms with E-state index in [2.05, 4.69) is 10.4 Å². The minimum Gasteiger partial charge on any atom is -0.463 e. The minimum absolute atomic E-state index is 0.0387. The number of hydrogen-bond acceptors (Lipinski definition) is 4. The fourth-order valence-electron chi connectivity index (χ4n) is 2.97. The summed E-state index contributed by atoms with van der Waals surface area (Å²) in [6.45, 7) is 0.897. The zero-order valence-electron chi connectivity index (χ0n) is 14.1. The second kappa shape index (κ2) is 6.87. The lowest BCUT2D eigenvalue weighted by Crippen LogP contribution is -2.26. The number of rotatable bonds is 6. The molecule has 0 fully saturated rings. The Morgan fingerprint density at radius 2 is 2.00 bits per heavy atom. The summed E-state index contributed by atoms with van der Waals surface area (Å²) in [6.07, 6.45) is 4.07. The van der Waals surface area contributed by atoms with Gasteiger partial charge in [0.05, 0.1) is 11.8 Å². The lowest BCUT2D eigenvalue weighted by Gasteiger charge is -2.07. The van der Waals surface area contributed by atoms with Gasteiger partial charge in [-0.3, -0.25) is 14.0 Å². The molecule has 0 radical (unpaired) electrons. The minimum atomic E-state index is -0.191. The fourth-order valence-corrected chi connectivity index (χ4v) is 2.97. The van der Waals surface area contributed by atoms with Crippen LogP contribution in [0.2, 0.25) is 0 Å². The molecule has 3 heterocycles.